The van der Waals surface area contributed by atoms with Crippen molar-refractivity contribution < 1.29 is 13.9 Å². The van der Waals surface area contributed by atoms with Gasteiger partial charge in [0.05, 0.1) is 12.4 Å². The molecule has 5 nitrogen and oxygen atoms in total. The largest absolute Gasteiger partial charge is 0.459 e. The van der Waals surface area contributed by atoms with E-state index >= 15 is 0 Å². The molecule has 1 aromatic carbocycles. The van der Waals surface area contributed by atoms with Gasteiger partial charge >= 0.3 is 0 Å². The Kier molecular flexibility index (Phi) is 6.15. The van der Waals surface area contributed by atoms with Crippen molar-refractivity contribution in [1.29, 1.82) is 0 Å². The third-order valence-corrected chi connectivity index (χ3v) is 7.47. The second-order valence-electron chi connectivity index (χ2n) is 9.59. The fourth-order valence-corrected chi connectivity index (χ4v) is 5.62. The number of hydrogen-bond donors (Lipinski definition) is 0. The second kappa shape index (κ2) is 9.17. The Hall–Kier alpha value is -2.11. The molecule has 1 unspecified atom stereocenters. The highest BCUT2D eigenvalue weighted by molar-refractivity contribution is 5.92. The molecule has 1 aromatic heterocycles. The minimum absolute atomic E-state index is 0.0201. The van der Waals surface area contributed by atoms with Crippen molar-refractivity contribution in [1.82, 2.24) is 9.80 Å². The molecule has 3 aliphatic rings. The first kappa shape index (κ1) is 20.8. The molecule has 1 aliphatic carbocycles. The summed E-state index contributed by atoms with van der Waals surface area (Å²) in [5, 5.41) is 0. The van der Waals surface area contributed by atoms with Gasteiger partial charge in [0, 0.05) is 31.3 Å². The minimum atomic E-state index is 0.0201. The molecule has 0 bridgehead atoms. The van der Waals surface area contributed by atoms with Gasteiger partial charge in [-0.3, -0.25) is 9.69 Å². The van der Waals surface area contributed by atoms with Gasteiger partial charge in [-0.05, 0) is 81.6 Å². The second-order valence-corrected chi connectivity index (χ2v) is 9.59. The van der Waals surface area contributed by atoms with E-state index in [0.717, 1.165) is 57.5 Å². The van der Waals surface area contributed by atoms with Crippen LogP contribution < -0.4 is 0 Å². The van der Waals surface area contributed by atoms with Crippen LogP contribution in [0.5, 0.6) is 0 Å². The Balaban J connectivity index is 1.19. The molecule has 5 heteroatoms. The molecular weight excluding hydrogens is 388 g/mol. The molecule has 2 aliphatic heterocycles. The summed E-state index contributed by atoms with van der Waals surface area (Å²) >= 11 is 0. The summed E-state index contributed by atoms with van der Waals surface area (Å²) in [6, 6.07) is 11.4. The third kappa shape index (κ3) is 4.58. The van der Waals surface area contributed by atoms with Crippen molar-refractivity contribution >= 4 is 5.91 Å². The van der Waals surface area contributed by atoms with E-state index in [0.29, 0.717) is 24.3 Å². The van der Waals surface area contributed by atoms with Crippen LogP contribution in [-0.2, 0) is 17.6 Å². The van der Waals surface area contributed by atoms with E-state index in [-0.39, 0.29) is 12.0 Å². The number of rotatable bonds is 6. The van der Waals surface area contributed by atoms with Gasteiger partial charge < -0.3 is 14.1 Å². The lowest BCUT2D eigenvalue weighted by Gasteiger charge is -2.38. The zero-order valence-corrected chi connectivity index (χ0v) is 18.6. The Bertz CT molecular complexity index is 869. The summed E-state index contributed by atoms with van der Waals surface area (Å²) in [6.07, 6.45) is 8.58. The van der Waals surface area contributed by atoms with Crippen LogP contribution in [0.1, 0.15) is 52.9 Å². The van der Waals surface area contributed by atoms with Gasteiger partial charge in [0.1, 0.15) is 0 Å². The molecule has 1 atom stereocenters. The molecule has 166 valence electrons. The zero-order chi connectivity index (χ0) is 21.2. The number of carbonyl (C=O) groups excluding carboxylic acids is 1. The van der Waals surface area contributed by atoms with Gasteiger partial charge in [0.15, 0.2) is 5.76 Å². The number of ether oxygens (including phenoxy) is 1. The summed E-state index contributed by atoms with van der Waals surface area (Å²) in [5.74, 6) is 1.05. The predicted molar refractivity (Wildman–Crippen MR) is 120 cm³/mol. The summed E-state index contributed by atoms with van der Waals surface area (Å²) < 4.78 is 11.4. The summed E-state index contributed by atoms with van der Waals surface area (Å²) in [5.41, 5.74) is 3.96. The maximum atomic E-state index is 13.3. The van der Waals surface area contributed by atoms with Gasteiger partial charge in [-0.25, -0.2) is 0 Å². The van der Waals surface area contributed by atoms with Crippen molar-refractivity contribution in [2.45, 2.75) is 57.6 Å². The average molecular weight is 423 g/mol. The van der Waals surface area contributed by atoms with E-state index in [2.05, 4.69) is 29.2 Å². The van der Waals surface area contributed by atoms with Crippen molar-refractivity contribution in [2.24, 2.45) is 5.92 Å². The van der Waals surface area contributed by atoms with Crippen LogP contribution in [0.4, 0.5) is 0 Å². The zero-order valence-electron chi connectivity index (χ0n) is 18.6. The minimum Gasteiger partial charge on any atom is -0.459 e. The lowest BCUT2D eigenvalue weighted by atomic mass is 9.94. The molecule has 31 heavy (non-hydrogen) atoms. The van der Waals surface area contributed by atoms with Crippen molar-refractivity contribution in [3.63, 3.8) is 0 Å². The van der Waals surface area contributed by atoms with Crippen molar-refractivity contribution in [3.05, 3.63) is 59.0 Å². The number of furan rings is 1. The number of likely N-dealkylation sites (tertiary alicyclic amines) is 1. The molecule has 2 saturated heterocycles. The van der Waals surface area contributed by atoms with Gasteiger partial charge in [-0.15, -0.1) is 0 Å². The number of fused-ring (bicyclic) bond motifs is 1. The van der Waals surface area contributed by atoms with Crippen LogP contribution in [0, 0.1) is 12.8 Å². The lowest BCUT2D eigenvalue weighted by Crippen LogP contribution is -2.46. The molecule has 0 radical (unpaired) electrons. The fourth-order valence-electron chi connectivity index (χ4n) is 5.62. The standard InChI is InChI=1S/C26H34N2O3/c1-19-10-14-31-25(19)26(29)28(18-24-7-4-13-30-24)17-20-8-11-27(12-9-20)23-15-21-5-2-3-6-22(21)16-23/h2-3,5-6,10,14,20,23-24H,4,7-9,11-13,15-18H2,1H3. The van der Waals surface area contributed by atoms with E-state index in [9.17, 15) is 4.79 Å². The highest BCUT2D eigenvalue weighted by atomic mass is 16.5. The number of hydrogen-bond acceptors (Lipinski definition) is 4. The van der Waals surface area contributed by atoms with Crippen LogP contribution >= 0.6 is 0 Å². The van der Waals surface area contributed by atoms with Crippen LogP contribution in [0.3, 0.4) is 0 Å². The lowest BCUT2D eigenvalue weighted by molar-refractivity contribution is 0.0408. The number of amides is 1. The van der Waals surface area contributed by atoms with Gasteiger partial charge in [-0.1, -0.05) is 24.3 Å². The smallest absolute Gasteiger partial charge is 0.289 e. The molecule has 1 amide bonds. The highest BCUT2D eigenvalue weighted by Crippen LogP contribution is 2.29. The molecular formula is C26H34N2O3. The van der Waals surface area contributed by atoms with E-state index in [1.54, 1.807) is 6.26 Å². The van der Waals surface area contributed by atoms with Crippen molar-refractivity contribution in [3.8, 4) is 0 Å². The normalized spacial score (nSPS) is 22.7. The Morgan fingerprint density at radius 2 is 1.81 bits per heavy atom. The number of aryl methyl sites for hydroxylation is 1. The number of benzene rings is 1. The number of piperidine rings is 1. The first-order valence-corrected chi connectivity index (χ1v) is 11.9. The van der Waals surface area contributed by atoms with Crippen LogP contribution in [0.2, 0.25) is 0 Å². The van der Waals surface area contributed by atoms with Crippen LogP contribution in [0.15, 0.2) is 41.0 Å². The average Bonchev–Trinajstić information content (AvgIpc) is 3.54. The van der Waals surface area contributed by atoms with Crippen LogP contribution in [-0.4, -0.2) is 60.6 Å². The number of carbonyl (C=O) groups is 1. The molecule has 3 heterocycles. The molecule has 0 N–H and O–H groups in total. The van der Waals surface area contributed by atoms with Gasteiger partial charge in [0.25, 0.3) is 5.91 Å². The first-order valence-electron chi connectivity index (χ1n) is 11.9. The fraction of sp³-hybridized carbons (Fsp3) is 0.577. The van der Waals surface area contributed by atoms with E-state index in [1.165, 1.54) is 24.0 Å². The molecule has 5 rings (SSSR count). The Morgan fingerprint density at radius 3 is 2.42 bits per heavy atom. The van der Waals surface area contributed by atoms with E-state index < -0.39 is 0 Å². The maximum absolute atomic E-state index is 13.3. The van der Waals surface area contributed by atoms with Gasteiger partial charge in [0.2, 0.25) is 0 Å². The van der Waals surface area contributed by atoms with Crippen molar-refractivity contribution in [2.75, 3.05) is 32.8 Å². The monoisotopic (exact) mass is 422 g/mol. The highest BCUT2D eigenvalue weighted by Gasteiger charge is 2.32. The molecule has 2 aromatic rings. The third-order valence-electron chi connectivity index (χ3n) is 7.47. The number of nitrogens with zero attached hydrogens (tertiary/aromatic N) is 2. The Labute approximate surface area is 185 Å². The van der Waals surface area contributed by atoms with Gasteiger partial charge in [-0.2, -0.15) is 0 Å². The van der Waals surface area contributed by atoms with E-state index in [1.807, 2.05) is 17.9 Å². The quantitative estimate of drug-likeness (QED) is 0.704. The first-order chi connectivity index (χ1) is 15.2. The summed E-state index contributed by atoms with van der Waals surface area (Å²) in [4.78, 5) is 17.9. The topological polar surface area (TPSA) is 45.9 Å². The molecule has 0 saturated carbocycles. The van der Waals surface area contributed by atoms with E-state index in [4.69, 9.17) is 9.15 Å². The molecule has 2 fully saturated rings. The van der Waals surface area contributed by atoms with Crippen LogP contribution in [0.25, 0.3) is 0 Å². The Morgan fingerprint density at radius 1 is 1.06 bits per heavy atom. The summed E-state index contributed by atoms with van der Waals surface area (Å²) in [6.45, 7) is 6.50. The summed E-state index contributed by atoms with van der Waals surface area (Å²) in [7, 11) is 0. The predicted octanol–water partition coefficient (Wildman–Crippen LogP) is 4.09. The molecule has 0 spiro atoms. The maximum Gasteiger partial charge on any atom is 0.289 e. The SMILES string of the molecule is Cc1ccoc1C(=O)N(CC1CCN(C2Cc3ccccc3C2)CC1)CC1CCCO1.